The molecule has 62 valence electrons. The van der Waals surface area contributed by atoms with Crippen molar-refractivity contribution in [3.05, 3.63) is 0 Å². The van der Waals surface area contributed by atoms with Gasteiger partial charge in [0.1, 0.15) is 0 Å². The van der Waals surface area contributed by atoms with E-state index in [1.807, 2.05) is 0 Å². The predicted octanol–water partition coefficient (Wildman–Crippen LogP) is 0.667. The van der Waals surface area contributed by atoms with E-state index in [0.717, 1.165) is 6.42 Å². The molecule has 1 unspecified atom stereocenters. The molecule has 0 heterocycles. The van der Waals surface area contributed by atoms with E-state index in [4.69, 9.17) is 10.00 Å². The number of nitrogens with one attached hydrogen (secondary N) is 1. The smallest absolute Gasteiger partial charge is 0.0977 e. The molecular weight excluding hydrogens is 140 g/mol. The molecule has 1 aliphatic rings. The van der Waals surface area contributed by atoms with Crippen molar-refractivity contribution in [2.24, 2.45) is 0 Å². The van der Waals surface area contributed by atoms with E-state index in [-0.39, 0.29) is 6.04 Å². The van der Waals surface area contributed by atoms with Gasteiger partial charge in [-0.2, -0.15) is 5.26 Å². The van der Waals surface area contributed by atoms with Crippen molar-refractivity contribution in [2.75, 3.05) is 13.7 Å². The Morgan fingerprint density at radius 2 is 2.45 bits per heavy atom. The summed E-state index contributed by atoms with van der Waals surface area (Å²) in [5, 5.41) is 11.9. The highest BCUT2D eigenvalue weighted by molar-refractivity contribution is 4.95. The summed E-state index contributed by atoms with van der Waals surface area (Å²) in [7, 11) is 1.66. The molecule has 3 heteroatoms. The fourth-order valence-corrected chi connectivity index (χ4v) is 0.955. The Morgan fingerprint density at radius 1 is 1.73 bits per heavy atom. The lowest BCUT2D eigenvalue weighted by molar-refractivity contribution is 0.188. The molecule has 0 bridgehead atoms. The third-order valence-corrected chi connectivity index (χ3v) is 1.78. The van der Waals surface area contributed by atoms with Crippen molar-refractivity contribution in [3.8, 4) is 6.07 Å². The lowest BCUT2D eigenvalue weighted by Crippen LogP contribution is -2.30. The van der Waals surface area contributed by atoms with Crippen molar-refractivity contribution < 1.29 is 4.74 Å². The minimum Gasteiger partial charge on any atom is -0.385 e. The van der Waals surface area contributed by atoms with Crippen LogP contribution in [0.3, 0.4) is 0 Å². The maximum atomic E-state index is 8.66. The van der Waals surface area contributed by atoms with E-state index in [9.17, 15) is 0 Å². The van der Waals surface area contributed by atoms with Gasteiger partial charge >= 0.3 is 0 Å². The maximum Gasteiger partial charge on any atom is 0.0977 e. The summed E-state index contributed by atoms with van der Waals surface area (Å²) in [5.74, 6) is 0. The molecule has 1 rings (SSSR count). The minimum atomic E-state index is -0.0116. The summed E-state index contributed by atoms with van der Waals surface area (Å²) in [6, 6.07) is 2.81. The van der Waals surface area contributed by atoms with Gasteiger partial charge in [0.15, 0.2) is 0 Å². The third kappa shape index (κ3) is 3.35. The van der Waals surface area contributed by atoms with Gasteiger partial charge in [-0.25, -0.2) is 0 Å². The van der Waals surface area contributed by atoms with Crippen LogP contribution in [0.15, 0.2) is 0 Å². The van der Waals surface area contributed by atoms with Gasteiger partial charge in [-0.1, -0.05) is 0 Å². The largest absolute Gasteiger partial charge is 0.385 e. The van der Waals surface area contributed by atoms with Gasteiger partial charge in [0.05, 0.1) is 12.1 Å². The molecule has 0 aromatic rings. The zero-order chi connectivity index (χ0) is 8.10. The van der Waals surface area contributed by atoms with Crippen LogP contribution >= 0.6 is 0 Å². The van der Waals surface area contributed by atoms with E-state index in [0.29, 0.717) is 12.6 Å². The second kappa shape index (κ2) is 4.32. The van der Waals surface area contributed by atoms with Gasteiger partial charge in [-0.05, 0) is 19.3 Å². The lowest BCUT2D eigenvalue weighted by Gasteiger charge is -2.08. The molecule has 0 aromatic carbocycles. The monoisotopic (exact) mass is 154 g/mol. The molecule has 1 aliphatic carbocycles. The lowest BCUT2D eigenvalue weighted by atomic mass is 10.2. The highest BCUT2D eigenvalue weighted by atomic mass is 16.5. The summed E-state index contributed by atoms with van der Waals surface area (Å²) >= 11 is 0. The SMILES string of the molecule is COCCC(C#N)NC1CC1. The second-order valence-corrected chi connectivity index (χ2v) is 2.90. The summed E-state index contributed by atoms with van der Waals surface area (Å²) in [5.41, 5.74) is 0. The summed E-state index contributed by atoms with van der Waals surface area (Å²) in [6.07, 6.45) is 3.25. The number of ether oxygens (including phenoxy) is 1. The molecule has 1 fully saturated rings. The van der Waals surface area contributed by atoms with Gasteiger partial charge in [0, 0.05) is 19.8 Å². The van der Waals surface area contributed by atoms with Gasteiger partial charge < -0.3 is 4.74 Å². The average molecular weight is 154 g/mol. The fraction of sp³-hybridized carbons (Fsp3) is 0.875. The third-order valence-electron chi connectivity index (χ3n) is 1.78. The van der Waals surface area contributed by atoms with E-state index in [2.05, 4.69) is 11.4 Å². The van der Waals surface area contributed by atoms with Gasteiger partial charge in [-0.15, -0.1) is 0 Å². The molecule has 1 N–H and O–H groups in total. The predicted molar refractivity (Wildman–Crippen MR) is 42.1 cm³/mol. The fourth-order valence-electron chi connectivity index (χ4n) is 0.955. The molecule has 3 nitrogen and oxygen atoms in total. The zero-order valence-electron chi connectivity index (χ0n) is 6.84. The standard InChI is InChI=1S/C8H14N2O/c1-11-5-4-8(6-9)10-7-2-3-7/h7-8,10H,2-5H2,1H3. The first-order valence-corrected chi connectivity index (χ1v) is 4.01. The summed E-state index contributed by atoms with van der Waals surface area (Å²) in [4.78, 5) is 0. The Bertz CT molecular complexity index is 149. The first kappa shape index (κ1) is 8.51. The van der Waals surface area contributed by atoms with Gasteiger partial charge in [0.2, 0.25) is 0 Å². The average Bonchev–Trinajstić information content (AvgIpc) is 2.81. The summed E-state index contributed by atoms with van der Waals surface area (Å²) in [6.45, 7) is 0.665. The molecule has 0 spiro atoms. The molecule has 0 saturated heterocycles. The molecule has 0 aromatic heterocycles. The molecular formula is C8H14N2O. The highest BCUT2D eigenvalue weighted by Gasteiger charge is 2.23. The second-order valence-electron chi connectivity index (χ2n) is 2.90. The quantitative estimate of drug-likeness (QED) is 0.633. The number of rotatable bonds is 5. The number of methoxy groups -OCH3 is 1. The molecule has 0 amide bonds. The molecule has 1 saturated carbocycles. The van der Waals surface area contributed by atoms with Crippen LogP contribution in [0.5, 0.6) is 0 Å². The Balaban J connectivity index is 2.09. The van der Waals surface area contributed by atoms with Crippen LogP contribution in [0.1, 0.15) is 19.3 Å². The van der Waals surface area contributed by atoms with Crippen molar-refractivity contribution in [1.82, 2.24) is 5.32 Å². The topological polar surface area (TPSA) is 45.0 Å². The van der Waals surface area contributed by atoms with Gasteiger partial charge in [0.25, 0.3) is 0 Å². The van der Waals surface area contributed by atoms with E-state index < -0.39 is 0 Å². The van der Waals surface area contributed by atoms with Crippen molar-refractivity contribution in [2.45, 2.75) is 31.3 Å². The van der Waals surface area contributed by atoms with Crippen LogP contribution in [-0.2, 0) is 4.74 Å². The number of nitrogens with zero attached hydrogens (tertiary/aromatic N) is 1. The number of hydrogen-bond donors (Lipinski definition) is 1. The Morgan fingerprint density at radius 3 is 2.91 bits per heavy atom. The Hall–Kier alpha value is -0.590. The zero-order valence-corrected chi connectivity index (χ0v) is 6.84. The van der Waals surface area contributed by atoms with Gasteiger partial charge in [-0.3, -0.25) is 5.32 Å². The molecule has 0 aliphatic heterocycles. The van der Waals surface area contributed by atoms with Crippen molar-refractivity contribution >= 4 is 0 Å². The van der Waals surface area contributed by atoms with Crippen LogP contribution in [0.25, 0.3) is 0 Å². The van der Waals surface area contributed by atoms with Crippen LogP contribution in [-0.4, -0.2) is 25.8 Å². The molecule has 11 heavy (non-hydrogen) atoms. The van der Waals surface area contributed by atoms with E-state index in [1.54, 1.807) is 7.11 Å². The summed E-state index contributed by atoms with van der Waals surface area (Å²) < 4.78 is 4.89. The Kier molecular flexibility index (Phi) is 3.34. The number of hydrogen-bond acceptors (Lipinski definition) is 3. The minimum absolute atomic E-state index is 0.0116. The first-order valence-electron chi connectivity index (χ1n) is 4.01. The van der Waals surface area contributed by atoms with E-state index in [1.165, 1.54) is 12.8 Å². The molecule has 1 atom stereocenters. The van der Waals surface area contributed by atoms with Crippen molar-refractivity contribution in [1.29, 1.82) is 5.26 Å². The molecule has 0 radical (unpaired) electrons. The maximum absolute atomic E-state index is 8.66. The van der Waals surface area contributed by atoms with Crippen molar-refractivity contribution in [3.63, 3.8) is 0 Å². The normalized spacial score (nSPS) is 19.3. The number of nitriles is 1. The highest BCUT2D eigenvalue weighted by Crippen LogP contribution is 2.19. The van der Waals surface area contributed by atoms with E-state index >= 15 is 0 Å². The van der Waals surface area contributed by atoms with Crippen LogP contribution in [0.2, 0.25) is 0 Å². The van der Waals surface area contributed by atoms with Crippen LogP contribution in [0.4, 0.5) is 0 Å². The Labute approximate surface area is 67.3 Å². The van der Waals surface area contributed by atoms with Crippen LogP contribution < -0.4 is 5.32 Å². The van der Waals surface area contributed by atoms with Crippen LogP contribution in [0, 0.1) is 11.3 Å². The first-order chi connectivity index (χ1) is 5.36.